The molecule has 31 heavy (non-hydrogen) atoms. The largest absolute Gasteiger partial charge is 0.495 e. The molecule has 2 aliphatic rings. The molecule has 0 radical (unpaired) electrons. The average molecular weight is 476 g/mol. The molecule has 172 valence electrons. The molecule has 11 nitrogen and oxygen atoms in total. The van der Waals surface area contributed by atoms with Crippen LogP contribution in [0.2, 0.25) is 0 Å². The number of amides is 2. The molecule has 1 aromatic rings. The lowest BCUT2D eigenvalue weighted by molar-refractivity contribution is -0.119. The molecule has 0 saturated carbocycles. The number of rotatable bonds is 5. The molecule has 0 N–H and O–H groups in total. The van der Waals surface area contributed by atoms with Crippen molar-refractivity contribution in [1.82, 2.24) is 9.21 Å². The van der Waals surface area contributed by atoms with Crippen LogP contribution in [0, 0.1) is 5.92 Å². The highest BCUT2D eigenvalue weighted by atomic mass is 32.2. The minimum Gasteiger partial charge on any atom is -0.495 e. The molecule has 13 heteroatoms. The van der Waals surface area contributed by atoms with Crippen molar-refractivity contribution in [2.24, 2.45) is 5.92 Å². The van der Waals surface area contributed by atoms with Gasteiger partial charge < -0.3 is 14.4 Å². The molecule has 2 heterocycles. The van der Waals surface area contributed by atoms with Crippen LogP contribution in [0.25, 0.3) is 0 Å². The highest BCUT2D eigenvalue weighted by Gasteiger charge is 2.43. The van der Waals surface area contributed by atoms with Crippen molar-refractivity contribution < 1.29 is 35.9 Å². The van der Waals surface area contributed by atoms with Crippen LogP contribution < -0.4 is 9.04 Å². The molecule has 0 bridgehead atoms. The highest BCUT2D eigenvalue weighted by Crippen LogP contribution is 2.35. The van der Waals surface area contributed by atoms with E-state index in [0.717, 1.165) is 6.07 Å². The molecule has 2 aliphatic heterocycles. The summed E-state index contributed by atoms with van der Waals surface area (Å²) in [6.07, 6.45) is -0.508. The molecule has 0 unspecified atom stereocenters. The van der Waals surface area contributed by atoms with E-state index in [4.69, 9.17) is 9.47 Å². The van der Waals surface area contributed by atoms with E-state index in [1.807, 2.05) is 0 Å². The summed E-state index contributed by atoms with van der Waals surface area (Å²) in [5.41, 5.74) is -0.0566. The van der Waals surface area contributed by atoms with Gasteiger partial charge in [-0.05, 0) is 25.1 Å². The standard InChI is InChI=1S/C18H25N3O8S2/c1-4-29-18(23)19-7-9-20(10-8-19)31(26,27)16-11-14(5-6-15(16)28-3)21-17(22)13(2)12-30(21,24)25/h5-6,11,13H,4,7-10,12H2,1-3H3/t13-/m1/s1. The Morgan fingerprint density at radius 1 is 1.19 bits per heavy atom. The van der Waals surface area contributed by atoms with E-state index in [-0.39, 0.29) is 54.9 Å². The van der Waals surface area contributed by atoms with Crippen LogP contribution in [0.5, 0.6) is 5.75 Å². The van der Waals surface area contributed by atoms with Crippen molar-refractivity contribution in [1.29, 1.82) is 0 Å². The summed E-state index contributed by atoms with van der Waals surface area (Å²) in [5, 5.41) is 0. The lowest BCUT2D eigenvalue weighted by Gasteiger charge is -2.33. The molecule has 1 atom stereocenters. The number of benzene rings is 1. The third kappa shape index (κ3) is 4.34. The lowest BCUT2D eigenvalue weighted by atomic mass is 10.2. The van der Waals surface area contributed by atoms with Gasteiger partial charge in [-0.1, -0.05) is 6.92 Å². The third-order valence-electron chi connectivity index (χ3n) is 5.12. The molecule has 2 amide bonds. The summed E-state index contributed by atoms with van der Waals surface area (Å²) < 4.78 is 63.4. The van der Waals surface area contributed by atoms with Crippen molar-refractivity contribution in [3.63, 3.8) is 0 Å². The molecule has 0 spiro atoms. The Balaban J connectivity index is 1.92. The van der Waals surface area contributed by atoms with Crippen molar-refractivity contribution >= 4 is 37.7 Å². The highest BCUT2D eigenvalue weighted by molar-refractivity contribution is 7.94. The predicted molar refractivity (Wildman–Crippen MR) is 111 cm³/mol. The first kappa shape index (κ1) is 23.3. The maximum Gasteiger partial charge on any atom is 0.409 e. The van der Waals surface area contributed by atoms with Crippen LogP contribution in [0.15, 0.2) is 23.1 Å². The second-order valence-corrected chi connectivity index (χ2v) is 11.0. The SMILES string of the molecule is CCOC(=O)N1CCN(S(=O)(=O)c2cc(N3C(=O)[C@H](C)CS3(=O)=O)ccc2OC)CC1. The van der Waals surface area contributed by atoms with Crippen molar-refractivity contribution in [2.75, 3.05) is 50.0 Å². The normalized spacial score (nSPS) is 21.9. The number of hydrogen-bond donors (Lipinski definition) is 0. The second kappa shape index (κ2) is 8.63. The van der Waals surface area contributed by atoms with Gasteiger partial charge in [-0.3, -0.25) is 4.79 Å². The van der Waals surface area contributed by atoms with Gasteiger partial charge in [0.05, 0.1) is 31.1 Å². The average Bonchev–Trinajstić information content (AvgIpc) is 2.94. The van der Waals surface area contributed by atoms with E-state index in [2.05, 4.69) is 0 Å². The van der Waals surface area contributed by atoms with Crippen LogP contribution in [-0.4, -0.2) is 83.7 Å². The number of nitrogens with zero attached hydrogens (tertiary/aromatic N) is 3. The van der Waals surface area contributed by atoms with E-state index in [1.165, 1.54) is 35.4 Å². The predicted octanol–water partition coefficient (Wildman–Crippen LogP) is 0.471. The maximum atomic E-state index is 13.3. The van der Waals surface area contributed by atoms with Crippen LogP contribution in [0.1, 0.15) is 13.8 Å². The Kier molecular flexibility index (Phi) is 6.48. The van der Waals surface area contributed by atoms with E-state index >= 15 is 0 Å². The number of ether oxygens (including phenoxy) is 2. The number of methoxy groups -OCH3 is 1. The fourth-order valence-corrected chi connectivity index (χ4v) is 6.95. The van der Waals surface area contributed by atoms with Crippen LogP contribution in [0.3, 0.4) is 0 Å². The molecule has 0 aliphatic carbocycles. The number of sulfonamides is 2. The van der Waals surface area contributed by atoms with E-state index in [0.29, 0.717) is 4.31 Å². The summed E-state index contributed by atoms with van der Waals surface area (Å²) in [6, 6.07) is 3.80. The number of anilines is 1. The van der Waals surface area contributed by atoms with E-state index in [9.17, 15) is 26.4 Å². The monoisotopic (exact) mass is 475 g/mol. The zero-order valence-corrected chi connectivity index (χ0v) is 19.1. The lowest BCUT2D eigenvalue weighted by Crippen LogP contribution is -2.50. The summed E-state index contributed by atoms with van der Waals surface area (Å²) in [4.78, 5) is 25.4. The smallest absolute Gasteiger partial charge is 0.409 e. The quantitative estimate of drug-likeness (QED) is 0.601. The zero-order chi connectivity index (χ0) is 23.0. The van der Waals surface area contributed by atoms with E-state index in [1.54, 1.807) is 6.92 Å². The Hall–Kier alpha value is -2.38. The number of carbonyl (C=O) groups excluding carboxylic acids is 2. The number of piperazine rings is 1. The van der Waals surface area contributed by atoms with Gasteiger partial charge >= 0.3 is 6.09 Å². The van der Waals surface area contributed by atoms with Gasteiger partial charge in [-0.2, -0.15) is 4.31 Å². The van der Waals surface area contributed by atoms with E-state index < -0.39 is 38.0 Å². The van der Waals surface area contributed by atoms with Gasteiger partial charge in [0, 0.05) is 26.2 Å². The zero-order valence-electron chi connectivity index (χ0n) is 17.5. The number of carbonyl (C=O) groups is 2. The molecular weight excluding hydrogens is 450 g/mol. The first-order valence-corrected chi connectivity index (χ1v) is 12.7. The van der Waals surface area contributed by atoms with Gasteiger partial charge in [-0.15, -0.1) is 0 Å². The van der Waals surface area contributed by atoms with Gasteiger partial charge in [0.15, 0.2) is 0 Å². The minimum atomic E-state index is -4.09. The Morgan fingerprint density at radius 3 is 2.35 bits per heavy atom. The fraction of sp³-hybridized carbons (Fsp3) is 0.556. The van der Waals surface area contributed by atoms with Crippen molar-refractivity contribution in [3.05, 3.63) is 18.2 Å². The summed E-state index contributed by atoms with van der Waals surface area (Å²) in [6.45, 7) is 3.78. The van der Waals surface area contributed by atoms with Gasteiger partial charge in [0.25, 0.3) is 0 Å². The van der Waals surface area contributed by atoms with Crippen LogP contribution in [0.4, 0.5) is 10.5 Å². The molecule has 2 saturated heterocycles. The Bertz CT molecular complexity index is 1080. The molecule has 1 aromatic carbocycles. The van der Waals surface area contributed by atoms with Gasteiger partial charge in [-0.25, -0.2) is 25.9 Å². The van der Waals surface area contributed by atoms with Gasteiger partial charge in [0.1, 0.15) is 10.6 Å². The van der Waals surface area contributed by atoms with Crippen molar-refractivity contribution in [2.45, 2.75) is 18.7 Å². The number of hydrogen-bond acceptors (Lipinski definition) is 8. The minimum absolute atomic E-state index is 0.0219. The summed E-state index contributed by atoms with van der Waals surface area (Å²) in [5.74, 6) is -1.65. The molecule has 0 aromatic heterocycles. The van der Waals surface area contributed by atoms with Crippen molar-refractivity contribution in [3.8, 4) is 5.75 Å². The first-order chi connectivity index (χ1) is 14.5. The van der Waals surface area contributed by atoms with Crippen LogP contribution >= 0.6 is 0 Å². The van der Waals surface area contributed by atoms with Gasteiger partial charge in [0.2, 0.25) is 26.0 Å². The third-order valence-corrected chi connectivity index (χ3v) is 8.91. The Labute approximate surface area is 181 Å². The second-order valence-electron chi connectivity index (χ2n) is 7.21. The maximum absolute atomic E-state index is 13.3. The summed E-state index contributed by atoms with van der Waals surface area (Å²) in [7, 11) is -6.68. The topological polar surface area (TPSA) is 131 Å². The summed E-state index contributed by atoms with van der Waals surface area (Å²) >= 11 is 0. The molecule has 3 rings (SSSR count). The molecule has 2 fully saturated rings. The fourth-order valence-electron chi connectivity index (χ4n) is 3.55. The van der Waals surface area contributed by atoms with Crippen LogP contribution in [-0.2, 0) is 29.6 Å². The Morgan fingerprint density at radius 2 is 1.84 bits per heavy atom. The first-order valence-electron chi connectivity index (χ1n) is 9.69. The molecular formula is C18H25N3O8S2.